The molecule has 3 rings (SSSR count). The van der Waals surface area contributed by atoms with Crippen LogP contribution in [-0.4, -0.2) is 4.98 Å². The average Bonchev–Trinajstić information content (AvgIpc) is 2.61. The molecule has 2 heteroatoms. The lowest BCUT2D eigenvalue weighted by Gasteiger charge is -2.38. The van der Waals surface area contributed by atoms with Crippen molar-refractivity contribution >= 4 is 11.6 Å². The Labute approximate surface area is 147 Å². The van der Waals surface area contributed by atoms with Crippen LogP contribution in [0.2, 0.25) is 5.15 Å². The molecule has 0 amide bonds. The highest BCUT2D eigenvalue weighted by molar-refractivity contribution is 6.29. The minimum Gasteiger partial charge on any atom is -0.244 e. The summed E-state index contributed by atoms with van der Waals surface area (Å²) >= 11 is 5.91. The van der Waals surface area contributed by atoms with E-state index in [1.54, 1.807) is 0 Å². The van der Waals surface area contributed by atoms with Crippen LogP contribution in [0, 0.1) is 17.8 Å². The number of aromatic nitrogens is 1. The molecule has 0 aliphatic heterocycles. The third-order valence-corrected chi connectivity index (χ3v) is 6.74. The number of rotatable bonds is 5. The van der Waals surface area contributed by atoms with E-state index < -0.39 is 0 Å². The molecule has 2 aliphatic rings. The molecule has 2 fully saturated rings. The minimum atomic E-state index is 0.613. The van der Waals surface area contributed by atoms with Gasteiger partial charge in [-0.2, -0.15) is 0 Å². The van der Waals surface area contributed by atoms with Gasteiger partial charge >= 0.3 is 0 Å². The number of hydrogen-bond donors (Lipinski definition) is 0. The molecule has 0 bridgehead atoms. The summed E-state index contributed by atoms with van der Waals surface area (Å²) in [6.45, 7) is 2.32. The summed E-state index contributed by atoms with van der Waals surface area (Å²) in [7, 11) is 0. The van der Waals surface area contributed by atoms with Crippen LogP contribution in [-0.2, 0) is 0 Å². The van der Waals surface area contributed by atoms with Gasteiger partial charge in [0, 0.05) is 6.20 Å². The molecule has 0 radical (unpaired) electrons. The molecule has 0 unspecified atom stereocenters. The van der Waals surface area contributed by atoms with Crippen molar-refractivity contribution in [3.8, 4) is 0 Å². The summed E-state index contributed by atoms with van der Waals surface area (Å²) in [4.78, 5) is 4.26. The van der Waals surface area contributed by atoms with Crippen molar-refractivity contribution in [2.45, 2.75) is 83.5 Å². The lowest BCUT2D eigenvalue weighted by molar-refractivity contribution is 0.156. The Morgan fingerprint density at radius 3 is 2.17 bits per heavy atom. The first kappa shape index (κ1) is 17.3. The molecule has 1 heterocycles. The summed E-state index contributed by atoms with van der Waals surface area (Å²) in [6, 6.07) is 4.12. The second kappa shape index (κ2) is 8.51. The van der Waals surface area contributed by atoms with Crippen molar-refractivity contribution in [1.82, 2.24) is 4.98 Å². The standard InChI is InChI=1S/C21H32ClN/c1-2-3-4-16-5-7-17(8-6-16)18-9-11-19(12-10-18)20-13-14-21(22)23-15-20/h13-19H,2-12H2,1H3/t16-,17-,18?,19?. The van der Waals surface area contributed by atoms with E-state index in [1.807, 2.05) is 12.3 Å². The van der Waals surface area contributed by atoms with Crippen LogP contribution in [0.15, 0.2) is 18.3 Å². The Morgan fingerprint density at radius 2 is 1.61 bits per heavy atom. The van der Waals surface area contributed by atoms with Gasteiger partial charge in [0.2, 0.25) is 0 Å². The zero-order valence-electron chi connectivity index (χ0n) is 14.6. The zero-order chi connectivity index (χ0) is 16.1. The monoisotopic (exact) mass is 333 g/mol. The summed E-state index contributed by atoms with van der Waals surface area (Å²) in [6.07, 6.45) is 17.9. The van der Waals surface area contributed by atoms with Crippen LogP contribution in [0.3, 0.4) is 0 Å². The van der Waals surface area contributed by atoms with E-state index in [9.17, 15) is 0 Å². The first-order valence-electron chi connectivity index (χ1n) is 9.87. The lowest BCUT2D eigenvalue weighted by atomic mass is 9.68. The molecule has 2 aliphatic carbocycles. The topological polar surface area (TPSA) is 12.9 Å². The molecule has 0 N–H and O–H groups in total. The predicted molar refractivity (Wildman–Crippen MR) is 98.9 cm³/mol. The van der Waals surface area contributed by atoms with E-state index in [2.05, 4.69) is 18.0 Å². The van der Waals surface area contributed by atoms with E-state index in [-0.39, 0.29) is 0 Å². The molecule has 0 aromatic carbocycles. The molecule has 0 spiro atoms. The highest BCUT2D eigenvalue weighted by Crippen LogP contribution is 2.44. The third kappa shape index (κ3) is 4.72. The van der Waals surface area contributed by atoms with Crippen molar-refractivity contribution < 1.29 is 0 Å². The van der Waals surface area contributed by atoms with Crippen molar-refractivity contribution in [3.05, 3.63) is 29.0 Å². The summed E-state index contributed by atoms with van der Waals surface area (Å²) in [5, 5.41) is 0.613. The molecular formula is C21H32ClN. The zero-order valence-corrected chi connectivity index (χ0v) is 15.4. The maximum atomic E-state index is 5.91. The van der Waals surface area contributed by atoms with Crippen molar-refractivity contribution in [2.24, 2.45) is 17.8 Å². The van der Waals surface area contributed by atoms with E-state index >= 15 is 0 Å². The van der Waals surface area contributed by atoms with Crippen molar-refractivity contribution in [2.75, 3.05) is 0 Å². The Morgan fingerprint density at radius 1 is 0.957 bits per heavy atom. The maximum absolute atomic E-state index is 5.91. The van der Waals surface area contributed by atoms with E-state index in [0.717, 1.165) is 23.7 Å². The quantitative estimate of drug-likeness (QED) is 0.528. The molecular weight excluding hydrogens is 302 g/mol. The van der Waals surface area contributed by atoms with Gasteiger partial charge in [0.05, 0.1) is 0 Å². The number of nitrogens with zero attached hydrogens (tertiary/aromatic N) is 1. The van der Waals surface area contributed by atoms with Crippen LogP contribution >= 0.6 is 11.6 Å². The highest BCUT2D eigenvalue weighted by Gasteiger charge is 2.31. The van der Waals surface area contributed by atoms with Crippen LogP contribution < -0.4 is 0 Å². The van der Waals surface area contributed by atoms with E-state index in [4.69, 9.17) is 11.6 Å². The first-order valence-corrected chi connectivity index (χ1v) is 10.3. The molecule has 1 aromatic heterocycles. The number of hydrogen-bond acceptors (Lipinski definition) is 1. The Hall–Kier alpha value is -0.560. The van der Waals surface area contributed by atoms with Crippen LogP contribution in [0.25, 0.3) is 0 Å². The second-order valence-corrected chi connectivity index (χ2v) is 8.34. The van der Waals surface area contributed by atoms with Gasteiger partial charge in [-0.1, -0.05) is 56.7 Å². The van der Waals surface area contributed by atoms with Crippen LogP contribution in [0.1, 0.15) is 89.0 Å². The molecule has 2 saturated carbocycles. The number of pyridine rings is 1. The molecule has 23 heavy (non-hydrogen) atoms. The molecule has 1 nitrogen and oxygen atoms in total. The largest absolute Gasteiger partial charge is 0.244 e. The second-order valence-electron chi connectivity index (χ2n) is 7.95. The van der Waals surface area contributed by atoms with Gasteiger partial charge in [0.15, 0.2) is 0 Å². The van der Waals surface area contributed by atoms with E-state index in [0.29, 0.717) is 5.15 Å². The molecule has 1 aromatic rings. The molecule has 0 saturated heterocycles. The fourth-order valence-electron chi connectivity index (χ4n) is 4.99. The molecule has 0 atom stereocenters. The maximum Gasteiger partial charge on any atom is 0.129 e. The van der Waals surface area contributed by atoms with Gasteiger partial charge in [-0.3, -0.25) is 0 Å². The van der Waals surface area contributed by atoms with Gasteiger partial charge in [-0.25, -0.2) is 4.98 Å². The predicted octanol–water partition coefficient (Wildman–Crippen LogP) is 7.01. The van der Waals surface area contributed by atoms with E-state index in [1.165, 1.54) is 76.2 Å². The van der Waals surface area contributed by atoms with Gasteiger partial charge < -0.3 is 0 Å². The lowest BCUT2D eigenvalue weighted by Crippen LogP contribution is -2.25. The SMILES string of the molecule is CCCC[C@H]1CC[C@H](C2CCC(c3ccc(Cl)nc3)CC2)CC1. The van der Waals surface area contributed by atoms with Crippen molar-refractivity contribution in [1.29, 1.82) is 0 Å². The Bertz CT molecular complexity index is 453. The average molecular weight is 334 g/mol. The Balaban J connectivity index is 1.43. The Kier molecular flexibility index (Phi) is 6.39. The fraction of sp³-hybridized carbons (Fsp3) is 0.762. The van der Waals surface area contributed by atoms with Crippen molar-refractivity contribution in [3.63, 3.8) is 0 Å². The highest BCUT2D eigenvalue weighted by atomic mass is 35.5. The molecule has 128 valence electrons. The fourth-order valence-corrected chi connectivity index (χ4v) is 5.11. The number of unbranched alkanes of at least 4 members (excludes halogenated alkanes) is 1. The smallest absolute Gasteiger partial charge is 0.129 e. The van der Waals surface area contributed by atoms with Gasteiger partial charge in [0.25, 0.3) is 0 Å². The van der Waals surface area contributed by atoms with Gasteiger partial charge in [0.1, 0.15) is 5.15 Å². The van der Waals surface area contributed by atoms with Gasteiger partial charge in [-0.05, 0) is 73.8 Å². The normalized spacial score (nSPS) is 31.9. The first-order chi connectivity index (χ1) is 11.3. The number of halogens is 1. The van der Waals surface area contributed by atoms with Crippen LogP contribution in [0.5, 0.6) is 0 Å². The summed E-state index contributed by atoms with van der Waals surface area (Å²) < 4.78 is 0. The minimum absolute atomic E-state index is 0.613. The third-order valence-electron chi connectivity index (χ3n) is 6.52. The summed E-state index contributed by atoms with van der Waals surface area (Å²) in [5.41, 5.74) is 1.40. The van der Waals surface area contributed by atoms with Crippen LogP contribution in [0.4, 0.5) is 0 Å². The van der Waals surface area contributed by atoms with Gasteiger partial charge in [-0.15, -0.1) is 0 Å². The summed E-state index contributed by atoms with van der Waals surface area (Å²) in [5.74, 6) is 3.79.